The Balaban J connectivity index is 1.69. The summed E-state index contributed by atoms with van der Waals surface area (Å²) in [4.78, 5) is 12.0. The molecule has 0 aliphatic rings. The maximum atomic E-state index is 12.0. The van der Waals surface area contributed by atoms with Crippen LogP contribution in [0, 0.1) is 0 Å². The summed E-state index contributed by atoms with van der Waals surface area (Å²) in [6, 6.07) is 21.3. The predicted octanol–water partition coefficient (Wildman–Crippen LogP) is 4.81. The van der Waals surface area contributed by atoms with Gasteiger partial charge in [0.2, 0.25) is 0 Å². The van der Waals surface area contributed by atoms with Crippen LogP contribution in [-0.2, 0) is 4.74 Å². The fourth-order valence-corrected chi connectivity index (χ4v) is 2.63. The number of benzene rings is 3. The van der Waals surface area contributed by atoms with Crippen LogP contribution >= 0.6 is 0 Å². The van der Waals surface area contributed by atoms with E-state index in [1.165, 1.54) is 0 Å². The lowest BCUT2D eigenvalue weighted by molar-refractivity contribution is 0.0485. The smallest absolute Gasteiger partial charge is 0.338 e. The molecule has 3 rings (SSSR count). The number of ether oxygens (including phenoxy) is 2. The number of carbonyl (C=O) groups excluding carboxylic acids is 1. The fraction of sp³-hybridized carbons (Fsp3) is 0.190. The van der Waals surface area contributed by atoms with Gasteiger partial charge >= 0.3 is 5.97 Å². The molecule has 122 valence electrons. The van der Waals surface area contributed by atoms with Crippen molar-refractivity contribution in [1.29, 1.82) is 0 Å². The minimum absolute atomic E-state index is 0.129. The first-order valence-corrected chi connectivity index (χ1v) is 7.97. The molecular formula is C21H20O3. The van der Waals surface area contributed by atoms with Crippen molar-refractivity contribution in [2.75, 3.05) is 13.7 Å². The molecule has 3 heteroatoms. The van der Waals surface area contributed by atoms with Gasteiger partial charge in [-0.05, 0) is 40.6 Å². The Kier molecular flexibility index (Phi) is 4.80. The number of esters is 1. The highest BCUT2D eigenvalue weighted by molar-refractivity contribution is 5.89. The summed E-state index contributed by atoms with van der Waals surface area (Å²) in [5.74, 6) is 0.692. The maximum absolute atomic E-state index is 12.0. The van der Waals surface area contributed by atoms with Gasteiger partial charge < -0.3 is 9.47 Å². The summed E-state index contributed by atoms with van der Waals surface area (Å²) in [5, 5.41) is 2.28. The van der Waals surface area contributed by atoms with Crippen LogP contribution in [0.25, 0.3) is 10.8 Å². The Morgan fingerprint density at radius 1 is 0.958 bits per heavy atom. The molecule has 0 heterocycles. The van der Waals surface area contributed by atoms with Gasteiger partial charge in [-0.1, -0.05) is 49.4 Å². The number of methoxy groups -OCH3 is 1. The quantitative estimate of drug-likeness (QED) is 0.633. The molecule has 0 amide bonds. The lowest BCUT2D eigenvalue weighted by Gasteiger charge is -2.14. The van der Waals surface area contributed by atoms with E-state index >= 15 is 0 Å². The normalized spacial score (nSPS) is 11.9. The van der Waals surface area contributed by atoms with Gasteiger partial charge in [-0.15, -0.1) is 0 Å². The molecule has 0 spiro atoms. The van der Waals surface area contributed by atoms with Crippen LogP contribution in [0.4, 0.5) is 0 Å². The minimum atomic E-state index is -0.284. The van der Waals surface area contributed by atoms with Gasteiger partial charge in [0, 0.05) is 5.92 Å². The zero-order valence-electron chi connectivity index (χ0n) is 13.9. The molecule has 0 aliphatic carbocycles. The van der Waals surface area contributed by atoms with Gasteiger partial charge in [0.1, 0.15) is 5.75 Å². The van der Waals surface area contributed by atoms with Crippen LogP contribution in [0.5, 0.6) is 5.75 Å². The molecule has 24 heavy (non-hydrogen) atoms. The first-order valence-electron chi connectivity index (χ1n) is 7.97. The van der Waals surface area contributed by atoms with Crippen molar-refractivity contribution in [3.63, 3.8) is 0 Å². The number of carbonyl (C=O) groups is 1. The lowest BCUT2D eigenvalue weighted by atomic mass is 9.98. The van der Waals surface area contributed by atoms with Gasteiger partial charge in [0.15, 0.2) is 0 Å². The monoisotopic (exact) mass is 320 g/mol. The van der Waals surface area contributed by atoms with Crippen molar-refractivity contribution < 1.29 is 14.3 Å². The van der Waals surface area contributed by atoms with E-state index in [-0.39, 0.29) is 11.9 Å². The van der Waals surface area contributed by atoms with Crippen molar-refractivity contribution in [1.82, 2.24) is 0 Å². The first kappa shape index (κ1) is 16.1. The average Bonchev–Trinajstić information content (AvgIpc) is 2.65. The molecule has 0 bridgehead atoms. The SMILES string of the molecule is COc1ccc2cc([C@H](C)COC(=O)c3ccccc3)ccc2c1. The largest absolute Gasteiger partial charge is 0.497 e. The van der Waals surface area contributed by atoms with Gasteiger partial charge in [0.05, 0.1) is 19.3 Å². The van der Waals surface area contributed by atoms with E-state index in [4.69, 9.17) is 9.47 Å². The maximum Gasteiger partial charge on any atom is 0.338 e. The van der Waals surface area contributed by atoms with E-state index in [0.717, 1.165) is 22.1 Å². The van der Waals surface area contributed by atoms with Crippen LogP contribution < -0.4 is 4.74 Å². The summed E-state index contributed by atoms with van der Waals surface area (Å²) in [6.45, 7) is 2.42. The van der Waals surface area contributed by atoms with E-state index < -0.39 is 0 Å². The molecule has 0 aliphatic heterocycles. The number of rotatable bonds is 5. The highest BCUT2D eigenvalue weighted by atomic mass is 16.5. The third kappa shape index (κ3) is 3.57. The van der Waals surface area contributed by atoms with Crippen LogP contribution in [0.2, 0.25) is 0 Å². The fourth-order valence-electron chi connectivity index (χ4n) is 2.63. The zero-order valence-corrected chi connectivity index (χ0v) is 13.9. The summed E-state index contributed by atoms with van der Waals surface area (Å²) >= 11 is 0. The van der Waals surface area contributed by atoms with Crippen molar-refractivity contribution in [2.24, 2.45) is 0 Å². The molecule has 0 saturated carbocycles. The Hall–Kier alpha value is -2.81. The molecule has 0 fully saturated rings. The third-order valence-electron chi connectivity index (χ3n) is 4.11. The van der Waals surface area contributed by atoms with Crippen LogP contribution in [0.3, 0.4) is 0 Å². The molecule has 3 nitrogen and oxygen atoms in total. The second-order valence-corrected chi connectivity index (χ2v) is 5.84. The summed E-state index contributed by atoms with van der Waals surface area (Å²) < 4.78 is 10.7. The summed E-state index contributed by atoms with van der Waals surface area (Å²) in [5.41, 5.74) is 1.73. The highest BCUT2D eigenvalue weighted by Gasteiger charge is 2.11. The van der Waals surface area contributed by atoms with Crippen molar-refractivity contribution in [3.05, 3.63) is 77.9 Å². The second kappa shape index (κ2) is 7.18. The van der Waals surface area contributed by atoms with Crippen LogP contribution in [0.15, 0.2) is 66.7 Å². The van der Waals surface area contributed by atoms with E-state index in [1.54, 1.807) is 19.2 Å². The van der Waals surface area contributed by atoms with E-state index in [0.29, 0.717) is 12.2 Å². The molecular weight excluding hydrogens is 300 g/mol. The Labute approximate surface area is 141 Å². The topological polar surface area (TPSA) is 35.5 Å². The number of hydrogen-bond acceptors (Lipinski definition) is 3. The third-order valence-corrected chi connectivity index (χ3v) is 4.11. The molecule has 3 aromatic rings. The average molecular weight is 320 g/mol. The summed E-state index contributed by atoms with van der Waals surface area (Å²) in [7, 11) is 1.67. The van der Waals surface area contributed by atoms with Gasteiger partial charge in [-0.25, -0.2) is 4.79 Å². The van der Waals surface area contributed by atoms with Crippen molar-refractivity contribution in [3.8, 4) is 5.75 Å². The van der Waals surface area contributed by atoms with Gasteiger partial charge in [0.25, 0.3) is 0 Å². The van der Waals surface area contributed by atoms with Crippen molar-refractivity contribution in [2.45, 2.75) is 12.8 Å². The standard InChI is InChI=1S/C21H20O3/c1-15(14-24-21(22)16-6-4-3-5-7-16)17-8-9-19-13-20(23-2)11-10-18(19)12-17/h3-13,15H,14H2,1-2H3/t15-/m1/s1. The Morgan fingerprint density at radius 3 is 2.42 bits per heavy atom. The minimum Gasteiger partial charge on any atom is -0.497 e. The molecule has 0 N–H and O–H groups in total. The molecule has 1 atom stereocenters. The lowest BCUT2D eigenvalue weighted by Crippen LogP contribution is -2.11. The highest BCUT2D eigenvalue weighted by Crippen LogP contribution is 2.25. The zero-order chi connectivity index (χ0) is 16.9. The molecule has 0 unspecified atom stereocenters. The predicted molar refractivity (Wildman–Crippen MR) is 95.6 cm³/mol. The first-order chi connectivity index (χ1) is 11.7. The number of fused-ring (bicyclic) bond motifs is 1. The Morgan fingerprint density at radius 2 is 1.67 bits per heavy atom. The van der Waals surface area contributed by atoms with E-state index in [2.05, 4.69) is 25.1 Å². The molecule has 3 aromatic carbocycles. The van der Waals surface area contributed by atoms with E-state index in [1.807, 2.05) is 36.4 Å². The van der Waals surface area contributed by atoms with Gasteiger partial charge in [-0.2, -0.15) is 0 Å². The van der Waals surface area contributed by atoms with Crippen LogP contribution in [0.1, 0.15) is 28.8 Å². The Bertz CT molecular complexity index is 840. The van der Waals surface area contributed by atoms with E-state index in [9.17, 15) is 4.79 Å². The van der Waals surface area contributed by atoms with Gasteiger partial charge in [-0.3, -0.25) is 0 Å². The summed E-state index contributed by atoms with van der Waals surface area (Å²) in [6.07, 6.45) is 0. The molecule has 0 saturated heterocycles. The number of hydrogen-bond donors (Lipinski definition) is 0. The molecule has 0 radical (unpaired) electrons. The van der Waals surface area contributed by atoms with Crippen LogP contribution in [-0.4, -0.2) is 19.7 Å². The molecule has 0 aromatic heterocycles. The second-order valence-electron chi connectivity index (χ2n) is 5.84. The van der Waals surface area contributed by atoms with Crippen molar-refractivity contribution >= 4 is 16.7 Å².